The van der Waals surface area contributed by atoms with Crippen LogP contribution in [-0.2, 0) is 23.7 Å². The van der Waals surface area contributed by atoms with Crippen LogP contribution in [0.1, 0.15) is 47.0 Å². The highest BCUT2D eigenvalue weighted by Gasteiger charge is 2.70. The van der Waals surface area contributed by atoms with Gasteiger partial charge in [-0.05, 0) is 38.7 Å². The molecule has 0 aromatic heterocycles. The molecule has 4 bridgehead atoms. The third-order valence-electron chi connectivity index (χ3n) is 9.75. The quantitative estimate of drug-likeness (QED) is 0.422. The molecule has 2 N–H and O–H groups in total. The monoisotopic (exact) mass is 526 g/mol. The summed E-state index contributed by atoms with van der Waals surface area (Å²) < 4.78 is 25.2. The minimum Gasteiger partial charge on any atom is -0.489 e. The number of rotatable bonds is 4. The summed E-state index contributed by atoms with van der Waals surface area (Å²) in [7, 11) is 1.63. The Balaban J connectivity index is 1.59. The smallest absolute Gasteiger partial charge is 0.334 e. The Hall–Kier alpha value is -2.19. The lowest BCUT2D eigenvalue weighted by molar-refractivity contribution is -0.166. The zero-order valence-electron chi connectivity index (χ0n) is 23.1. The number of methoxy groups -OCH3 is 1. The maximum absolute atomic E-state index is 13.0. The van der Waals surface area contributed by atoms with Crippen molar-refractivity contribution in [2.24, 2.45) is 29.6 Å². The van der Waals surface area contributed by atoms with Gasteiger partial charge in [-0.25, -0.2) is 4.79 Å². The van der Waals surface area contributed by atoms with Crippen LogP contribution in [0.3, 0.4) is 0 Å². The van der Waals surface area contributed by atoms with Gasteiger partial charge in [0.05, 0.1) is 18.3 Å². The van der Waals surface area contributed by atoms with Gasteiger partial charge in [0.15, 0.2) is 0 Å². The largest absolute Gasteiger partial charge is 0.489 e. The van der Waals surface area contributed by atoms with Crippen LogP contribution in [0.25, 0.3) is 0 Å². The Kier molecular flexibility index (Phi) is 7.27. The molecule has 2 aliphatic heterocycles. The summed E-state index contributed by atoms with van der Waals surface area (Å²) in [6.45, 7) is 16.4. The fourth-order valence-corrected chi connectivity index (χ4v) is 7.89. The van der Waals surface area contributed by atoms with E-state index in [2.05, 4.69) is 19.2 Å². The second kappa shape index (κ2) is 10.1. The zero-order chi connectivity index (χ0) is 27.5. The van der Waals surface area contributed by atoms with Gasteiger partial charge < -0.3 is 29.2 Å². The lowest BCUT2D eigenvalue weighted by Gasteiger charge is -2.52. The van der Waals surface area contributed by atoms with Crippen LogP contribution in [-0.4, -0.2) is 65.5 Å². The molecule has 5 aliphatic rings. The third kappa shape index (κ3) is 4.14. The summed E-state index contributed by atoms with van der Waals surface area (Å²) >= 11 is 0. The topological polar surface area (TPSA) is 94.5 Å². The summed E-state index contributed by atoms with van der Waals surface area (Å²) in [5.74, 6) is -0.746. The molecule has 7 heteroatoms. The second-order valence-corrected chi connectivity index (χ2v) is 12.0. The molecule has 208 valence electrons. The maximum atomic E-state index is 13.0. The molecule has 0 aromatic carbocycles. The summed E-state index contributed by atoms with van der Waals surface area (Å²) in [6, 6.07) is 0. The Morgan fingerprint density at radius 3 is 2.66 bits per heavy atom. The molecule has 5 rings (SSSR count). The van der Waals surface area contributed by atoms with Crippen molar-refractivity contribution in [1.29, 1.82) is 0 Å². The molecule has 0 aromatic rings. The van der Waals surface area contributed by atoms with Crippen molar-refractivity contribution in [1.82, 2.24) is 0 Å². The fraction of sp³-hybridized carbons (Fsp3) is 0.645. The van der Waals surface area contributed by atoms with E-state index in [4.69, 9.17) is 18.9 Å². The van der Waals surface area contributed by atoms with E-state index in [0.29, 0.717) is 30.6 Å². The maximum Gasteiger partial charge on any atom is 0.334 e. The molecule has 12 atom stereocenters. The second-order valence-electron chi connectivity index (χ2n) is 12.0. The first-order valence-electron chi connectivity index (χ1n) is 13.9. The van der Waals surface area contributed by atoms with Gasteiger partial charge in [0.25, 0.3) is 0 Å². The highest BCUT2D eigenvalue weighted by Crippen LogP contribution is 2.64. The molecular formula is C31H42O7. The molecule has 2 heterocycles. The molecule has 3 fully saturated rings. The van der Waals surface area contributed by atoms with Crippen molar-refractivity contribution >= 4 is 5.97 Å². The third-order valence-corrected chi connectivity index (χ3v) is 9.75. The van der Waals surface area contributed by atoms with Crippen LogP contribution in [0.4, 0.5) is 0 Å². The van der Waals surface area contributed by atoms with Crippen LogP contribution in [0.2, 0.25) is 0 Å². The van der Waals surface area contributed by atoms with Crippen molar-refractivity contribution in [2.45, 2.75) is 89.2 Å². The highest BCUT2D eigenvalue weighted by molar-refractivity contribution is 5.90. The van der Waals surface area contributed by atoms with Crippen LogP contribution >= 0.6 is 0 Å². The molecule has 1 spiro atoms. The van der Waals surface area contributed by atoms with E-state index >= 15 is 0 Å². The van der Waals surface area contributed by atoms with Gasteiger partial charge in [-0.2, -0.15) is 0 Å². The number of esters is 1. The normalized spacial score (nSPS) is 46.4. The number of allylic oxidation sites excluding steroid dienone is 3. The molecule has 1 saturated heterocycles. The number of hydrogen-bond acceptors (Lipinski definition) is 7. The predicted octanol–water partition coefficient (Wildman–Crippen LogP) is 4.02. The van der Waals surface area contributed by atoms with Crippen molar-refractivity contribution in [3.63, 3.8) is 0 Å². The first-order valence-corrected chi connectivity index (χ1v) is 13.9. The first-order chi connectivity index (χ1) is 18.0. The summed E-state index contributed by atoms with van der Waals surface area (Å²) in [5.41, 5.74) is 1.78. The van der Waals surface area contributed by atoms with E-state index in [9.17, 15) is 15.0 Å². The number of aliphatic hydroxyl groups is 2. The van der Waals surface area contributed by atoms with Crippen LogP contribution in [0.15, 0.2) is 59.9 Å². The van der Waals surface area contributed by atoms with E-state index in [1.807, 2.05) is 32.9 Å². The van der Waals surface area contributed by atoms with Crippen LogP contribution < -0.4 is 0 Å². The van der Waals surface area contributed by atoms with E-state index in [0.717, 1.165) is 11.1 Å². The Morgan fingerprint density at radius 1 is 1.29 bits per heavy atom. The molecule has 7 nitrogen and oxygen atoms in total. The Labute approximate surface area is 225 Å². The van der Waals surface area contributed by atoms with Crippen LogP contribution in [0.5, 0.6) is 0 Å². The van der Waals surface area contributed by atoms with Crippen molar-refractivity contribution in [3.8, 4) is 0 Å². The number of ether oxygens (including phenoxy) is 4. The summed E-state index contributed by atoms with van der Waals surface area (Å²) in [4.78, 5) is 13.0. The molecule has 2 saturated carbocycles. The Morgan fingerprint density at radius 2 is 2.03 bits per heavy atom. The predicted molar refractivity (Wildman–Crippen MR) is 143 cm³/mol. The van der Waals surface area contributed by atoms with E-state index in [1.54, 1.807) is 20.1 Å². The number of aliphatic hydroxyl groups excluding tert-OH is 2. The minimum absolute atomic E-state index is 0.0342. The Bertz CT molecular complexity index is 1090. The zero-order valence-corrected chi connectivity index (χ0v) is 23.1. The van der Waals surface area contributed by atoms with Crippen LogP contribution in [0, 0.1) is 29.6 Å². The molecule has 0 radical (unpaired) electrons. The van der Waals surface area contributed by atoms with E-state index < -0.39 is 36.1 Å². The number of carbonyl (C=O) groups is 1. The number of hydrogen-bond donors (Lipinski definition) is 2. The van der Waals surface area contributed by atoms with Gasteiger partial charge in [-0.3, -0.25) is 0 Å². The van der Waals surface area contributed by atoms with Gasteiger partial charge in [0, 0.05) is 42.3 Å². The summed E-state index contributed by atoms with van der Waals surface area (Å²) in [5, 5.41) is 22.4. The molecular weight excluding hydrogens is 484 g/mol. The van der Waals surface area contributed by atoms with Gasteiger partial charge >= 0.3 is 5.97 Å². The fourth-order valence-electron chi connectivity index (χ4n) is 7.89. The van der Waals surface area contributed by atoms with Crippen molar-refractivity contribution in [2.75, 3.05) is 7.11 Å². The highest BCUT2D eigenvalue weighted by atomic mass is 16.6. The van der Waals surface area contributed by atoms with Gasteiger partial charge in [0.2, 0.25) is 0 Å². The molecule has 0 unspecified atom stereocenters. The van der Waals surface area contributed by atoms with E-state index in [1.165, 1.54) is 0 Å². The first kappa shape index (κ1) is 27.4. The van der Waals surface area contributed by atoms with Gasteiger partial charge in [-0.1, -0.05) is 56.9 Å². The molecule has 38 heavy (non-hydrogen) atoms. The summed E-state index contributed by atoms with van der Waals surface area (Å²) in [6.07, 6.45) is 6.04. The van der Waals surface area contributed by atoms with E-state index in [-0.39, 0.29) is 41.7 Å². The van der Waals surface area contributed by atoms with Crippen molar-refractivity contribution < 1.29 is 34.0 Å². The molecule has 0 amide bonds. The minimum atomic E-state index is -0.848. The molecule has 3 aliphatic carbocycles. The average molecular weight is 527 g/mol. The lowest BCUT2D eigenvalue weighted by atomic mass is 9.53. The standard InChI is InChI=1S/C31H42O7/c1-15-13-22-25-26(33)18(4)28(37-30(34)21-10-8-9-11-21)29(22)38-31(25)17(3)12-16(2)27(19(5)32)36-20(6)24(35-7)14-23(15)31/h8-10,12,16,18-19,22-29,32-33H,1,6,11,13-14H2,2-5,7H3/b17-12+/t16-,18-,19-,22-,23+,24+,25+,26-,27+,28-,29-,31+/m1/s1. The lowest BCUT2D eigenvalue weighted by Crippen LogP contribution is -2.58. The van der Waals surface area contributed by atoms with Gasteiger partial charge in [-0.15, -0.1) is 0 Å². The van der Waals surface area contributed by atoms with Gasteiger partial charge in [0.1, 0.15) is 29.7 Å². The average Bonchev–Trinajstić information content (AvgIpc) is 3.47. The van der Waals surface area contributed by atoms with Crippen molar-refractivity contribution in [3.05, 3.63) is 59.9 Å². The number of carbonyl (C=O) groups excluding carboxylic acids is 1. The SMILES string of the molecule is C=C1O[C@H]([C@@H](C)O)[C@H](C)/C=C(\C)[C@]23O[C@@H]4[C@H](CC(=C)[C@@H]2C[C@@H]1OC)[C@H]3[C@H](O)[C@@H](C)[C@H]4OC(=O)C1=CC=CC1.